The van der Waals surface area contributed by atoms with Crippen molar-refractivity contribution in [2.24, 2.45) is 5.10 Å². The lowest BCUT2D eigenvalue weighted by molar-refractivity contribution is -0.144. The van der Waals surface area contributed by atoms with Crippen molar-refractivity contribution in [3.8, 4) is 11.5 Å². The first-order valence-electron chi connectivity index (χ1n) is 12.2. The molecule has 1 atom stereocenters. The fraction of sp³-hybridized carbons (Fsp3) is 0.357. The van der Waals surface area contributed by atoms with Crippen LogP contribution in [-0.2, 0) is 11.2 Å². The highest BCUT2D eigenvalue weighted by molar-refractivity contribution is 5.82. The maximum Gasteiger partial charge on any atom is 0.344 e. The molecule has 8 heteroatoms. The maximum atomic E-state index is 13.4. The van der Waals surface area contributed by atoms with E-state index in [-0.39, 0.29) is 11.5 Å². The Labute approximate surface area is 209 Å². The molecule has 2 aromatic carbocycles. The van der Waals surface area contributed by atoms with Crippen LogP contribution >= 0.6 is 0 Å². The molecule has 0 aliphatic heterocycles. The molecular formula is C28H31N3O5. The number of allylic oxidation sites excluding steroid dienone is 1. The Kier molecular flexibility index (Phi) is 7.83. The maximum absolute atomic E-state index is 13.4. The molecule has 188 valence electrons. The minimum Gasteiger partial charge on any atom is -0.493 e. The Hall–Kier alpha value is -3.94. The van der Waals surface area contributed by atoms with Gasteiger partial charge in [0.05, 0.1) is 24.2 Å². The lowest BCUT2D eigenvalue weighted by Crippen LogP contribution is -2.25. The smallest absolute Gasteiger partial charge is 0.344 e. The SMILES string of the molecule is C=CCc1cc(C=Nn2c(C3CCCCC3)nc3ccccc3c2=O)cc(OC)c1O[C@@H](C)C(=O)O. The van der Waals surface area contributed by atoms with Gasteiger partial charge >= 0.3 is 5.97 Å². The van der Waals surface area contributed by atoms with Gasteiger partial charge in [-0.2, -0.15) is 9.78 Å². The number of carboxylic acid groups (broad SMARTS) is 1. The monoisotopic (exact) mass is 489 g/mol. The van der Waals surface area contributed by atoms with Gasteiger partial charge in [0.1, 0.15) is 5.82 Å². The average molecular weight is 490 g/mol. The zero-order valence-electron chi connectivity index (χ0n) is 20.6. The molecule has 1 aliphatic rings. The highest BCUT2D eigenvalue weighted by Gasteiger charge is 2.23. The van der Waals surface area contributed by atoms with Crippen LogP contribution in [0.5, 0.6) is 11.5 Å². The molecule has 0 amide bonds. The molecule has 0 saturated heterocycles. The van der Waals surface area contributed by atoms with E-state index in [4.69, 9.17) is 14.5 Å². The number of nitrogens with zero attached hydrogens (tertiary/aromatic N) is 3. The van der Waals surface area contributed by atoms with E-state index in [1.807, 2.05) is 24.3 Å². The van der Waals surface area contributed by atoms with E-state index in [0.717, 1.165) is 25.7 Å². The van der Waals surface area contributed by atoms with Crippen molar-refractivity contribution in [2.45, 2.75) is 57.5 Å². The molecule has 1 fully saturated rings. The molecule has 8 nitrogen and oxygen atoms in total. The third-order valence-corrected chi connectivity index (χ3v) is 6.45. The van der Waals surface area contributed by atoms with Gasteiger partial charge in [-0.15, -0.1) is 6.58 Å². The Morgan fingerprint density at radius 2 is 2.03 bits per heavy atom. The number of rotatable bonds is 9. The summed E-state index contributed by atoms with van der Waals surface area (Å²) in [6, 6.07) is 10.9. The lowest BCUT2D eigenvalue weighted by Gasteiger charge is -2.22. The summed E-state index contributed by atoms with van der Waals surface area (Å²) in [4.78, 5) is 29.6. The van der Waals surface area contributed by atoms with Crippen LogP contribution in [0.4, 0.5) is 0 Å². The number of para-hydroxylation sites is 1. The second-order valence-electron chi connectivity index (χ2n) is 8.99. The predicted molar refractivity (Wildman–Crippen MR) is 139 cm³/mol. The van der Waals surface area contributed by atoms with Crippen LogP contribution in [0.3, 0.4) is 0 Å². The van der Waals surface area contributed by atoms with Gasteiger partial charge in [0.25, 0.3) is 5.56 Å². The first kappa shape index (κ1) is 25.2. The van der Waals surface area contributed by atoms with E-state index >= 15 is 0 Å². The largest absolute Gasteiger partial charge is 0.493 e. The molecular weight excluding hydrogens is 458 g/mol. The topological polar surface area (TPSA) is 103 Å². The van der Waals surface area contributed by atoms with E-state index < -0.39 is 12.1 Å². The van der Waals surface area contributed by atoms with Crippen LogP contribution in [0.15, 0.2) is 58.9 Å². The van der Waals surface area contributed by atoms with E-state index in [1.165, 1.54) is 25.1 Å². The zero-order chi connectivity index (χ0) is 25.7. The van der Waals surface area contributed by atoms with Gasteiger partial charge < -0.3 is 14.6 Å². The standard InChI is InChI=1S/C28H31N3O5/c1-4-10-21-15-19(16-24(35-3)25(21)36-18(2)28(33)34)17-29-31-26(20-11-6-5-7-12-20)30-23-14-9-8-13-22(23)27(31)32/h4,8-9,13-18,20H,1,5-7,10-12H2,2-3H3,(H,33,34)/t18-/m0/s1. The summed E-state index contributed by atoms with van der Waals surface area (Å²) in [5.74, 6) is 0.499. The molecule has 0 radical (unpaired) electrons. The number of hydrogen-bond acceptors (Lipinski definition) is 6. The molecule has 4 rings (SSSR count). The van der Waals surface area contributed by atoms with Gasteiger partial charge in [0, 0.05) is 11.5 Å². The summed E-state index contributed by atoms with van der Waals surface area (Å²) in [5.41, 5.74) is 1.86. The van der Waals surface area contributed by atoms with Crippen LogP contribution in [0.25, 0.3) is 10.9 Å². The molecule has 36 heavy (non-hydrogen) atoms. The number of aromatic nitrogens is 2. The van der Waals surface area contributed by atoms with Crippen molar-refractivity contribution in [3.63, 3.8) is 0 Å². The first-order chi connectivity index (χ1) is 17.4. The summed E-state index contributed by atoms with van der Waals surface area (Å²) < 4.78 is 12.6. The van der Waals surface area contributed by atoms with Crippen LogP contribution in [-0.4, -0.2) is 40.2 Å². The number of carbonyl (C=O) groups is 1. The third-order valence-electron chi connectivity index (χ3n) is 6.45. The number of methoxy groups -OCH3 is 1. The minimum absolute atomic E-state index is 0.173. The van der Waals surface area contributed by atoms with Gasteiger partial charge in [-0.05, 0) is 56.0 Å². The molecule has 1 N–H and O–H groups in total. The van der Waals surface area contributed by atoms with Gasteiger partial charge in [-0.25, -0.2) is 9.78 Å². The highest BCUT2D eigenvalue weighted by Crippen LogP contribution is 2.35. The summed E-state index contributed by atoms with van der Waals surface area (Å²) >= 11 is 0. The van der Waals surface area contributed by atoms with Crippen molar-refractivity contribution in [2.75, 3.05) is 7.11 Å². The Bertz CT molecular complexity index is 1360. The zero-order valence-corrected chi connectivity index (χ0v) is 20.6. The second-order valence-corrected chi connectivity index (χ2v) is 8.99. The van der Waals surface area contributed by atoms with Gasteiger partial charge in [0.2, 0.25) is 0 Å². The van der Waals surface area contributed by atoms with Crippen molar-refractivity contribution < 1.29 is 19.4 Å². The number of aliphatic carboxylic acids is 1. The number of fused-ring (bicyclic) bond motifs is 1. The summed E-state index contributed by atoms with van der Waals surface area (Å²) in [6.45, 7) is 5.25. The van der Waals surface area contributed by atoms with Crippen LogP contribution in [0.2, 0.25) is 0 Å². The molecule has 0 spiro atoms. The van der Waals surface area contributed by atoms with E-state index in [1.54, 1.807) is 24.4 Å². The van der Waals surface area contributed by atoms with Crippen LogP contribution in [0, 0.1) is 0 Å². The van der Waals surface area contributed by atoms with E-state index in [2.05, 4.69) is 11.7 Å². The Morgan fingerprint density at radius 1 is 1.28 bits per heavy atom. The predicted octanol–water partition coefficient (Wildman–Crippen LogP) is 4.92. The number of ether oxygens (including phenoxy) is 2. The van der Waals surface area contributed by atoms with Crippen molar-refractivity contribution in [1.82, 2.24) is 9.66 Å². The van der Waals surface area contributed by atoms with E-state index in [9.17, 15) is 14.7 Å². The number of hydrogen-bond donors (Lipinski definition) is 1. The molecule has 1 aromatic heterocycles. The quantitative estimate of drug-likeness (QED) is 0.338. The lowest BCUT2D eigenvalue weighted by atomic mass is 9.88. The molecule has 0 unspecified atom stereocenters. The highest BCUT2D eigenvalue weighted by atomic mass is 16.5. The van der Waals surface area contributed by atoms with Crippen LogP contribution < -0.4 is 15.0 Å². The summed E-state index contributed by atoms with van der Waals surface area (Å²) in [7, 11) is 1.49. The van der Waals surface area contributed by atoms with Gasteiger partial charge in [0.15, 0.2) is 17.6 Å². The molecule has 1 saturated carbocycles. The first-order valence-corrected chi connectivity index (χ1v) is 12.2. The Balaban J connectivity index is 1.80. The van der Waals surface area contributed by atoms with Crippen molar-refractivity contribution >= 4 is 23.1 Å². The van der Waals surface area contributed by atoms with Crippen molar-refractivity contribution in [1.29, 1.82) is 0 Å². The molecule has 3 aromatic rings. The van der Waals surface area contributed by atoms with Gasteiger partial charge in [-0.3, -0.25) is 4.79 Å². The number of carboxylic acids is 1. The fourth-order valence-corrected chi connectivity index (χ4v) is 4.58. The average Bonchev–Trinajstić information content (AvgIpc) is 2.89. The fourth-order valence-electron chi connectivity index (χ4n) is 4.58. The minimum atomic E-state index is -1.08. The Morgan fingerprint density at radius 3 is 2.72 bits per heavy atom. The molecule has 0 bridgehead atoms. The normalized spacial score (nSPS) is 15.2. The van der Waals surface area contributed by atoms with Gasteiger partial charge in [-0.1, -0.05) is 37.5 Å². The van der Waals surface area contributed by atoms with Crippen LogP contribution in [0.1, 0.15) is 61.9 Å². The number of benzene rings is 2. The molecule has 1 heterocycles. The second kappa shape index (κ2) is 11.2. The third kappa shape index (κ3) is 5.32. The molecule has 1 aliphatic carbocycles. The summed E-state index contributed by atoms with van der Waals surface area (Å²) in [6.07, 6.45) is 8.04. The van der Waals surface area contributed by atoms with E-state index in [0.29, 0.717) is 45.8 Å². The summed E-state index contributed by atoms with van der Waals surface area (Å²) in [5, 5.41) is 14.4. The van der Waals surface area contributed by atoms with Crippen molar-refractivity contribution in [3.05, 3.63) is 76.4 Å².